The summed E-state index contributed by atoms with van der Waals surface area (Å²) in [5.41, 5.74) is 0. The summed E-state index contributed by atoms with van der Waals surface area (Å²) in [5.74, 6) is 0.172. The van der Waals surface area contributed by atoms with Gasteiger partial charge < -0.3 is 10.2 Å². The van der Waals surface area contributed by atoms with E-state index in [4.69, 9.17) is 0 Å². The second-order valence-electron chi connectivity index (χ2n) is 8.61. The van der Waals surface area contributed by atoms with Crippen LogP contribution in [0.4, 0.5) is 0 Å². The van der Waals surface area contributed by atoms with Crippen LogP contribution in [0, 0.1) is 0 Å². The summed E-state index contributed by atoms with van der Waals surface area (Å²) in [6, 6.07) is 0. The molecule has 0 aromatic rings. The van der Waals surface area contributed by atoms with Crippen molar-refractivity contribution in [3.05, 3.63) is 73.1 Å². The van der Waals surface area contributed by atoms with Gasteiger partial charge in [0, 0.05) is 0 Å². The van der Waals surface area contributed by atoms with E-state index >= 15 is 0 Å². The molecule has 0 rings (SSSR count). The quantitative estimate of drug-likeness (QED) is 0.0995. The zero-order chi connectivity index (χ0) is 23.5. The van der Waals surface area contributed by atoms with E-state index in [-0.39, 0.29) is 11.9 Å². The molecule has 0 heterocycles. The highest BCUT2D eigenvalue weighted by Crippen LogP contribution is 2.14. The molecule has 0 aliphatic carbocycles. The molecule has 0 aliphatic heterocycles. The Hall–Kier alpha value is -1.80. The van der Waals surface area contributed by atoms with Gasteiger partial charge in [0.15, 0.2) is 0 Å². The summed E-state index contributed by atoms with van der Waals surface area (Å²) in [5, 5.41) is 18.7. The van der Waals surface area contributed by atoms with Crippen LogP contribution in [0.3, 0.4) is 0 Å². The lowest BCUT2D eigenvalue weighted by Crippen LogP contribution is -2.03. The Bertz CT molecular complexity index is 551. The molecule has 0 bridgehead atoms. The highest BCUT2D eigenvalue weighted by molar-refractivity contribution is 5.20. The number of allylic oxidation sites excluding steroid dienone is 10. The Morgan fingerprint density at radius 3 is 1.59 bits per heavy atom. The van der Waals surface area contributed by atoms with Gasteiger partial charge >= 0.3 is 0 Å². The van der Waals surface area contributed by atoms with Gasteiger partial charge in [-0.2, -0.15) is 0 Å². The van der Waals surface area contributed by atoms with Gasteiger partial charge in [-0.05, 0) is 37.8 Å². The average molecular weight is 443 g/mol. The van der Waals surface area contributed by atoms with Crippen molar-refractivity contribution in [3.8, 4) is 0 Å². The number of hydrogen-bond acceptors (Lipinski definition) is 2. The molecule has 2 nitrogen and oxygen atoms in total. The fourth-order valence-corrected chi connectivity index (χ4v) is 3.51. The van der Waals surface area contributed by atoms with Crippen molar-refractivity contribution in [1.82, 2.24) is 0 Å². The largest absolute Gasteiger partial charge is 0.508 e. The smallest absolute Gasteiger partial charge is 0.114 e. The maximum absolute atomic E-state index is 9.53. The summed E-state index contributed by atoms with van der Waals surface area (Å²) in [6.45, 7) is 5.54. The van der Waals surface area contributed by atoms with Crippen molar-refractivity contribution in [2.24, 2.45) is 0 Å². The zero-order valence-corrected chi connectivity index (χ0v) is 20.8. The van der Waals surface area contributed by atoms with Crippen LogP contribution in [0.2, 0.25) is 0 Å². The van der Waals surface area contributed by atoms with E-state index in [1.807, 2.05) is 24.3 Å². The lowest BCUT2D eigenvalue weighted by molar-refractivity contribution is 0.156. The fourth-order valence-electron chi connectivity index (χ4n) is 3.51. The lowest BCUT2D eigenvalue weighted by atomic mass is 10.0. The number of hydrogen-bond donors (Lipinski definition) is 2. The van der Waals surface area contributed by atoms with E-state index in [0.29, 0.717) is 0 Å². The monoisotopic (exact) mass is 442 g/mol. The highest BCUT2D eigenvalue weighted by Gasteiger charge is 1.99. The Morgan fingerprint density at radius 2 is 1.09 bits per heavy atom. The average Bonchev–Trinajstić information content (AvgIpc) is 2.81. The number of rotatable bonds is 22. The number of aliphatic hydroxyl groups excluding tert-OH is 2. The molecule has 0 amide bonds. The molecule has 0 radical (unpaired) electrons. The highest BCUT2D eigenvalue weighted by atomic mass is 16.3. The molecule has 1 unspecified atom stereocenters. The summed E-state index contributed by atoms with van der Waals surface area (Å²) < 4.78 is 0. The van der Waals surface area contributed by atoms with Crippen LogP contribution in [0.25, 0.3) is 0 Å². The van der Waals surface area contributed by atoms with Gasteiger partial charge in [-0.3, -0.25) is 0 Å². The number of aliphatic hydroxyl groups is 2. The molecule has 2 heteroatoms. The molecule has 32 heavy (non-hydrogen) atoms. The second kappa shape index (κ2) is 25.5. The first-order valence-electron chi connectivity index (χ1n) is 13.1. The van der Waals surface area contributed by atoms with Crippen molar-refractivity contribution in [3.63, 3.8) is 0 Å². The molecule has 182 valence electrons. The minimum absolute atomic E-state index is 0.0707. The SMILES string of the molecule is C=CC(O)=CC=CC=CC=CC=CCCCCCCCCCCCCCCCC(O)CC. The van der Waals surface area contributed by atoms with Crippen LogP contribution in [-0.2, 0) is 0 Å². The van der Waals surface area contributed by atoms with Crippen LogP contribution in [0.5, 0.6) is 0 Å². The van der Waals surface area contributed by atoms with Crippen molar-refractivity contribution in [1.29, 1.82) is 0 Å². The van der Waals surface area contributed by atoms with Crippen molar-refractivity contribution >= 4 is 0 Å². The fraction of sp³-hybridized carbons (Fsp3) is 0.600. The van der Waals surface area contributed by atoms with E-state index in [1.54, 1.807) is 12.2 Å². The number of unbranched alkanes of at least 4 members (excludes halogenated alkanes) is 13. The maximum atomic E-state index is 9.53. The lowest BCUT2D eigenvalue weighted by Gasteiger charge is -2.06. The van der Waals surface area contributed by atoms with Crippen LogP contribution < -0.4 is 0 Å². The molecule has 0 aliphatic rings. The second-order valence-corrected chi connectivity index (χ2v) is 8.61. The third-order valence-electron chi connectivity index (χ3n) is 5.66. The van der Waals surface area contributed by atoms with Gasteiger partial charge in [0.2, 0.25) is 0 Å². The van der Waals surface area contributed by atoms with Gasteiger partial charge in [0.05, 0.1) is 6.10 Å². The van der Waals surface area contributed by atoms with E-state index < -0.39 is 0 Å². The molecule has 0 saturated carbocycles. The first-order chi connectivity index (χ1) is 15.7. The molecule has 0 aromatic heterocycles. The van der Waals surface area contributed by atoms with Crippen LogP contribution in [0.15, 0.2) is 73.1 Å². The normalized spacial score (nSPS) is 13.9. The van der Waals surface area contributed by atoms with E-state index in [9.17, 15) is 10.2 Å². The summed E-state index contributed by atoms with van der Waals surface area (Å²) in [7, 11) is 0. The first-order valence-corrected chi connectivity index (χ1v) is 13.1. The predicted molar refractivity (Wildman–Crippen MR) is 143 cm³/mol. The minimum Gasteiger partial charge on any atom is -0.508 e. The summed E-state index contributed by atoms with van der Waals surface area (Å²) in [6.07, 6.45) is 39.6. The molecule has 0 fully saturated rings. The van der Waals surface area contributed by atoms with Gasteiger partial charge in [0.1, 0.15) is 5.76 Å². The topological polar surface area (TPSA) is 40.5 Å². The third-order valence-corrected chi connectivity index (χ3v) is 5.66. The third kappa shape index (κ3) is 24.5. The van der Waals surface area contributed by atoms with Gasteiger partial charge in [-0.1, -0.05) is 139 Å². The molecule has 2 N–H and O–H groups in total. The summed E-state index contributed by atoms with van der Waals surface area (Å²) in [4.78, 5) is 0. The Balaban J connectivity index is 3.33. The Morgan fingerprint density at radius 1 is 0.656 bits per heavy atom. The van der Waals surface area contributed by atoms with E-state index in [2.05, 4.69) is 31.7 Å². The molecule has 0 saturated heterocycles. The summed E-state index contributed by atoms with van der Waals surface area (Å²) >= 11 is 0. The van der Waals surface area contributed by atoms with Gasteiger partial charge in [0.25, 0.3) is 0 Å². The van der Waals surface area contributed by atoms with Crippen LogP contribution in [-0.4, -0.2) is 16.3 Å². The van der Waals surface area contributed by atoms with Crippen molar-refractivity contribution < 1.29 is 10.2 Å². The van der Waals surface area contributed by atoms with E-state index in [0.717, 1.165) is 19.3 Å². The Labute approximate surface area is 199 Å². The van der Waals surface area contributed by atoms with Crippen LogP contribution in [0.1, 0.15) is 110 Å². The van der Waals surface area contributed by atoms with Crippen LogP contribution >= 0.6 is 0 Å². The molecule has 0 spiro atoms. The molecule has 0 aromatic carbocycles. The van der Waals surface area contributed by atoms with Crippen molar-refractivity contribution in [2.75, 3.05) is 0 Å². The van der Waals surface area contributed by atoms with Gasteiger partial charge in [-0.25, -0.2) is 0 Å². The first kappa shape index (κ1) is 30.2. The van der Waals surface area contributed by atoms with Crippen molar-refractivity contribution in [2.45, 2.75) is 116 Å². The van der Waals surface area contributed by atoms with E-state index in [1.165, 1.54) is 89.5 Å². The molecule has 1 atom stereocenters. The predicted octanol–water partition coefficient (Wildman–Crippen LogP) is 9.46. The maximum Gasteiger partial charge on any atom is 0.114 e. The van der Waals surface area contributed by atoms with Gasteiger partial charge in [-0.15, -0.1) is 0 Å². The molecular weight excluding hydrogens is 392 g/mol. The molecular formula is C30H50O2. The Kier molecular flexibility index (Phi) is 24.0. The minimum atomic E-state index is -0.0707. The standard InChI is InChI=1S/C30H50O2/c1-3-29(31)27-25-23-21-19-17-15-13-11-9-7-5-6-8-10-12-14-16-18-20-22-24-26-28-30(32)4-2/h3,11,13,15,17,19,21,23,25,27,30-32H,1,4-10,12,14,16,18,20,22,24,26,28H2,2H3. The zero-order valence-electron chi connectivity index (χ0n) is 20.8.